The van der Waals surface area contributed by atoms with Crippen molar-refractivity contribution in [1.29, 1.82) is 0 Å². The van der Waals surface area contributed by atoms with E-state index in [-0.39, 0.29) is 6.42 Å². The summed E-state index contributed by atoms with van der Waals surface area (Å²) in [6.45, 7) is 4.14. The lowest BCUT2D eigenvalue weighted by molar-refractivity contribution is -0.137. The van der Waals surface area contributed by atoms with E-state index in [4.69, 9.17) is 5.11 Å². The molecule has 1 aliphatic heterocycles. The molecule has 1 saturated heterocycles. The van der Waals surface area contributed by atoms with Crippen molar-refractivity contribution in [2.45, 2.75) is 38.5 Å². The van der Waals surface area contributed by atoms with Gasteiger partial charge in [0.15, 0.2) is 0 Å². The Balaban J connectivity index is 2.04. The van der Waals surface area contributed by atoms with E-state index in [0.717, 1.165) is 36.7 Å². The number of carboxylic acid groups (broad SMARTS) is 1. The van der Waals surface area contributed by atoms with E-state index in [1.165, 1.54) is 0 Å². The summed E-state index contributed by atoms with van der Waals surface area (Å²) >= 11 is 0. The lowest BCUT2D eigenvalue weighted by Gasteiger charge is -2.12. The van der Waals surface area contributed by atoms with Crippen LogP contribution >= 0.6 is 0 Å². The minimum absolute atomic E-state index is 0.179. The topological polar surface area (TPSA) is 66.3 Å². The highest BCUT2D eigenvalue weighted by atomic mass is 16.4. The van der Waals surface area contributed by atoms with Gasteiger partial charge in [-0.05, 0) is 39.4 Å². The van der Waals surface area contributed by atoms with Crippen LogP contribution < -0.4 is 0 Å². The van der Waals surface area contributed by atoms with Crippen LogP contribution in [0.15, 0.2) is 6.07 Å². The molecule has 2 heterocycles. The second-order valence-electron chi connectivity index (χ2n) is 5.35. The predicted molar refractivity (Wildman–Crippen MR) is 72.2 cm³/mol. The summed E-state index contributed by atoms with van der Waals surface area (Å²) in [6, 6.07) is 2.06. The van der Waals surface area contributed by atoms with Crippen molar-refractivity contribution in [2.24, 2.45) is 0 Å². The number of nitrogens with zero attached hydrogens (tertiary/aromatic N) is 3. The van der Waals surface area contributed by atoms with Crippen LogP contribution in [0.3, 0.4) is 0 Å². The zero-order valence-electron chi connectivity index (χ0n) is 11.6. The monoisotopic (exact) mass is 263 g/mol. The van der Waals surface area contributed by atoms with Gasteiger partial charge < -0.3 is 10.0 Å². The van der Waals surface area contributed by atoms with E-state index in [0.29, 0.717) is 18.8 Å². The van der Waals surface area contributed by atoms with E-state index in [9.17, 15) is 4.79 Å². The molecule has 0 bridgehead atoms. The van der Waals surface area contributed by atoms with Crippen molar-refractivity contribution >= 4 is 5.97 Å². The van der Waals surface area contributed by atoms with Crippen LogP contribution in [0.1, 0.15) is 42.4 Å². The molecule has 2 rings (SSSR count). The van der Waals surface area contributed by atoms with Gasteiger partial charge in [0.2, 0.25) is 0 Å². The van der Waals surface area contributed by atoms with E-state index in [1.54, 1.807) is 0 Å². The number of likely N-dealkylation sites (tertiary alicyclic amines) is 1. The summed E-state index contributed by atoms with van der Waals surface area (Å²) < 4.78 is 0. The van der Waals surface area contributed by atoms with Crippen molar-refractivity contribution in [1.82, 2.24) is 14.9 Å². The van der Waals surface area contributed by atoms with Gasteiger partial charge in [-0.25, -0.2) is 9.97 Å². The molecule has 5 heteroatoms. The number of hydrogen-bond acceptors (Lipinski definition) is 4. The Morgan fingerprint density at radius 2 is 2.32 bits per heavy atom. The van der Waals surface area contributed by atoms with Crippen LogP contribution in [0, 0.1) is 6.92 Å². The first-order valence-corrected chi connectivity index (χ1v) is 6.79. The quantitative estimate of drug-likeness (QED) is 0.874. The van der Waals surface area contributed by atoms with Crippen molar-refractivity contribution in [2.75, 3.05) is 20.1 Å². The molecule has 0 amide bonds. The molecule has 1 aliphatic rings. The van der Waals surface area contributed by atoms with Gasteiger partial charge in [-0.3, -0.25) is 4.79 Å². The largest absolute Gasteiger partial charge is 0.481 e. The number of carbonyl (C=O) groups is 1. The summed E-state index contributed by atoms with van der Waals surface area (Å²) in [5.41, 5.74) is 2.09. The van der Waals surface area contributed by atoms with Crippen molar-refractivity contribution in [3.8, 4) is 0 Å². The normalized spacial score (nSPS) is 19.8. The molecule has 1 atom stereocenters. The van der Waals surface area contributed by atoms with E-state index in [1.807, 2.05) is 6.92 Å². The molecule has 1 aromatic heterocycles. The van der Waals surface area contributed by atoms with E-state index >= 15 is 0 Å². The summed E-state index contributed by atoms with van der Waals surface area (Å²) in [7, 11) is 2.13. The van der Waals surface area contributed by atoms with Crippen LogP contribution in [0.4, 0.5) is 0 Å². The summed E-state index contributed by atoms with van der Waals surface area (Å²) in [5.74, 6) is 0.515. The second-order valence-corrected chi connectivity index (χ2v) is 5.35. The maximum atomic E-state index is 10.5. The summed E-state index contributed by atoms with van der Waals surface area (Å²) in [6.07, 6.45) is 2.56. The Morgan fingerprint density at radius 3 is 2.95 bits per heavy atom. The van der Waals surface area contributed by atoms with Crippen molar-refractivity contribution in [3.05, 3.63) is 23.3 Å². The Morgan fingerprint density at radius 1 is 1.53 bits per heavy atom. The number of likely N-dealkylation sites (N-methyl/N-ethyl adjacent to an activating group) is 1. The van der Waals surface area contributed by atoms with Crippen molar-refractivity contribution in [3.63, 3.8) is 0 Å². The zero-order valence-corrected chi connectivity index (χ0v) is 11.6. The molecule has 0 saturated carbocycles. The SMILES string of the molecule is Cc1cc(C2CCN(C)C2)nc(CCCC(=O)O)n1. The Labute approximate surface area is 113 Å². The Bertz CT molecular complexity index is 462. The first-order chi connectivity index (χ1) is 9.04. The van der Waals surface area contributed by atoms with Crippen LogP contribution in [0.5, 0.6) is 0 Å². The Kier molecular flexibility index (Phi) is 4.47. The third kappa shape index (κ3) is 3.99. The molecule has 0 radical (unpaired) electrons. The average Bonchev–Trinajstić information content (AvgIpc) is 2.75. The third-order valence-corrected chi connectivity index (χ3v) is 3.52. The predicted octanol–water partition coefficient (Wildman–Crippen LogP) is 1.61. The molecule has 1 unspecified atom stereocenters. The highest BCUT2D eigenvalue weighted by Gasteiger charge is 2.22. The van der Waals surface area contributed by atoms with Crippen LogP contribution in [-0.2, 0) is 11.2 Å². The minimum atomic E-state index is -0.759. The van der Waals surface area contributed by atoms with Gasteiger partial charge in [0.05, 0.1) is 0 Å². The number of aromatic nitrogens is 2. The van der Waals surface area contributed by atoms with E-state index < -0.39 is 5.97 Å². The molecule has 0 aliphatic carbocycles. The molecule has 1 aromatic rings. The number of carboxylic acids is 1. The number of hydrogen-bond donors (Lipinski definition) is 1. The van der Waals surface area contributed by atoms with Crippen LogP contribution in [0.25, 0.3) is 0 Å². The molecule has 19 heavy (non-hydrogen) atoms. The Hall–Kier alpha value is -1.49. The summed E-state index contributed by atoms with van der Waals surface area (Å²) in [4.78, 5) is 21.9. The first-order valence-electron chi connectivity index (χ1n) is 6.79. The molecule has 1 fully saturated rings. The maximum absolute atomic E-state index is 10.5. The molecule has 0 spiro atoms. The number of aryl methyl sites for hydroxylation is 2. The fourth-order valence-corrected chi connectivity index (χ4v) is 2.55. The zero-order chi connectivity index (χ0) is 13.8. The molecule has 5 nitrogen and oxygen atoms in total. The molecule has 0 aromatic carbocycles. The lowest BCUT2D eigenvalue weighted by Crippen LogP contribution is -2.14. The molecule has 1 N–H and O–H groups in total. The standard InChI is InChI=1S/C14H21N3O2/c1-10-8-12(11-6-7-17(2)9-11)16-13(15-10)4-3-5-14(18)19/h8,11H,3-7,9H2,1-2H3,(H,18,19). The van der Waals surface area contributed by atoms with Gasteiger partial charge in [0.1, 0.15) is 5.82 Å². The molecular weight excluding hydrogens is 242 g/mol. The van der Waals surface area contributed by atoms with Crippen LogP contribution in [-0.4, -0.2) is 46.1 Å². The second kappa shape index (κ2) is 6.10. The van der Waals surface area contributed by atoms with Gasteiger partial charge in [-0.2, -0.15) is 0 Å². The van der Waals surface area contributed by atoms with Gasteiger partial charge in [0.25, 0.3) is 0 Å². The lowest BCUT2D eigenvalue weighted by atomic mass is 10.0. The van der Waals surface area contributed by atoms with Crippen LogP contribution in [0.2, 0.25) is 0 Å². The fraction of sp³-hybridized carbons (Fsp3) is 0.643. The first kappa shape index (κ1) is 13.9. The average molecular weight is 263 g/mol. The maximum Gasteiger partial charge on any atom is 0.303 e. The molecular formula is C14H21N3O2. The third-order valence-electron chi connectivity index (χ3n) is 3.52. The van der Waals surface area contributed by atoms with Gasteiger partial charge in [0, 0.05) is 36.7 Å². The van der Waals surface area contributed by atoms with Crippen molar-refractivity contribution < 1.29 is 9.90 Å². The fourth-order valence-electron chi connectivity index (χ4n) is 2.55. The molecule has 104 valence electrons. The van der Waals surface area contributed by atoms with E-state index in [2.05, 4.69) is 28.0 Å². The minimum Gasteiger partial charge on any atom is -0.481 e. The number of aliphatic carboxylic acids is 1. The van der Waals surface area contributed by atoms with Gasteiger partial charge >= 0.3 is 5.97 Å². The van der Waals surface area contributed by atoms with Gasteiger partial charge in [-0.1, -0.05) is 0 Å². The highest BCUT2D eigenvalue weighted by Crippen LogP contribution is 2.25. The smallest absolute Gasteiger partial charge is 0.303 e. The highest BCUT2D eigenvalue weighted by molar-refractivity contribution is 5.66. The number of rotatable bonds is 5. The van der Waals surface area contributed by atoms with Gasteiger partial charge in [-0.15, -0.1) is 0 Å². The summed E-state index contributed by atoms with van der Waals surface area (Å²) in [5, 5.41) is 8.66.